The Balaban J connectivity index is 1.50. The van der Waals surface area contributed by atoms with Crippen LogP contribution in [-0.4, -0.2) is 58.8 Å². The lowest BCUT2D eigenvalue weighted by Crippen LogP contribution is -2.42. The number of anilines is 3. The van der Waals surface area contributed by atoms with Crippen molar-refractivity contribution >= 4 is 35.5 Å². The molecule has 4 rings (SSSR count). The second-order valence-electron chi connectivity index (χ2n) is 7.45. The molecule has 2 amide bonds. The first-order valence-electron chi connectivity index (χ1n) is 10.1. The molecule has 0 bridgehead atoms. The average Bonchev–Trinajstić information content (AvgIpc) is 3.20. The quantitative estimate of drug-likeness (QED) is 0.735. The summed E-state index contributed by atoms with van der Waals surface area (Å²) in [6.45, 7) is 3.65. The first-order chi connectivity index (χ1) is 14.6. The van der Waals surface area contributed by atoms with E-state index in [1.807, 2.05) is 4.90 Å². The van der Waals surface area contributed by atoms with Crippen molar-refractivity contribution in [3.63, 3.8) is 0 Å². The van der Waals surface area contributed by atoms with Crippen LogP contribution in [0.4, 0.5) is 22.1 Å². The summed E-state index contributed by atoms with van der Waals surface area (Å²) in [5, 5.41) is 10.9. The van der Waals surface area contributed by atoms with Gasteiger partial charge in [0.1, 0.15) is 18.2 Å². The molecule has 0 aliphatic carbocycles. The smallest absolute Gasteiger partial charge is 0.415 e. The van der Waals surface area contributed by atoms with Crippen LogP contribution < -0.4 is 10.2 Å². The Labute approximate surface area is 174 Å². The van der Waals surface area contributed by atoms with E-state index in [9.17, 15) is 9.59 Å². The molecule has 1 atom stereocenters. The van der Waals surface area contributed by atoms with Gasteiger partial charge in [-0.1, -0.05) is 0 Å². The number of nitrogens with one attached hydrogen (secondary N) is 2. The first-order valence-corrected chi connectivity index (χ1v) is 10.1. The summed E-state index contributed by atoms with van der Waals surface area (Å²) in [4.78, 5) is 36.5. The van der Waals surface area contributed by atoms with Crippen molar-refractivity contribution in [2.45, 2.75) is 32.2 Å². The Morgan fingerprint density at radius 3 is 2.80 bits per heavy atom. The number of likely N-dealkylation sites (tertiary alicyclic amines) is 1. The predicted molar refractivity (Wildman–Crippen MR) is 113 cm³/mol. The maximum atomic E-state index is 12.9. The maximum Gasteiger partial charge on any atom is 0.415 e. The van der Waals surface area contributed by atoms with E-state index in [0.29, 0.717) is 41.6 Å². The third-order valence-corrected chi connectivity index (χ3v) is 5.43. The normalized spacial score (nSPS) is 18.8. The van der Waals surface area contributed by atoms with Crippen LogP contribution >= 0.6 is 0 Å². The molecule has 2 aliphatic heterocycles. The lowest BCUT2D eigenvalue weighted by molar-refractivity contribution is 0.0635. The molecule has 0 aromatic carbocycles. The molecule has 2 N–H and O–H groups in total. The number of carbonyl (C=O) groups is 2. The number of piperidine rings is 1. The van der Waals surface area contributed by atoms with Crippen molar-refractivity contribution in [2.24, 2.45) is 0 Å². The van der Waals surface area contributed by atoms with Gasteiger partial charge in [0.05, 0.1) is 24.0 Å². The van der Waals surface area contributed by atoms with Gasteiger partial charge in [0, 0.05) is 30.6 Å². The number of carbonyl (C=O) groups excluding carboxylic acids is 2. The summed E-state index contributed by atoms with van der Waals surface area (Å²) in [6, 6.07) is 5.39. The summed E-state index contributed by atoms with van der Waals surface area (Å²) in [5.74, 6) is 0.927. The third-order valence-electron chi connectivity index (χ3n) is 5.43. The Kier molecular flexibility index (Phi) is 5.60. The van der Waals surface area contributed by atoms with Crippen LogP contribution in [-0.2, 0) is 4.74 Å². The molecule has 9 nitrogen and oxygen atoms in total. The Morgan fingerprint density at radius 2 is 2.13 bits per heavy atom. The third kappa shape index (κ3) is 3.96. The average molecular weight is 408 g/mol. The predicted octanol–water partition coefficient (Wildman–Crippen LogP) is 3.19. The van der Waals surface area contributed by atoms with Crippen LogP contribution in [0.25, 0.3) is 0 Å². The largest absolute Gasteiger partial charge is 0.447 e. The van der Waals surface area contributed by atoms with E-state index in [-0.39, 0.29) is 11.9 Å². The van der Waals surface area contributed by atoms with Crippen LogP contribution in [0.2, 0.25) is 0 Å². The second kappa shape index (κ2) is 8.48. The van der Waals surface area contributed by atoms with Crippen LogP contribution in [0.15, 0.2) is 30.6 Å². The van der Waals surface area contributed by atoms with Gasteiger partial charge in [-0.2, -0.15) is 0 Å². The van der Waals surface area contributed by atoms with Gasteiger partial charge in [-0.3, -0.25) is 9.69 Å². The number of hydrogen-bond acceptors (Lipinski definition) is 7. The molecule has 0 saturated carbocycles. The Morgan fingerprint density at radius 1 is 1.27 bits per heavy atom. The SMILES string of the molecule is CC1CCCCN1C(=O)c1cnc(Nc2ccc(N3CCOC3=O)nc2)c(C=N)c1. The molecular weight excluding hydrogens is 384 g/mol. The minimum atomic E-state index is -0.403. The molecule has 0 spiro atoms. The minimum absolute atomic E-state index is 0.0483. The van der Waals surface area contributed by atoms with E-state index < -0.39 is 6.09 Å². The van der Waals surface area contributed by atoms with Gasteiger partial charge < -0.3 is 20.4 Å². The number of ether oxygens (including phenoxy) is 1. The van der Waals surface area contributed by atoms with E-state index in [4.69, 9.17) is 10.1 Å². The fourth-order valence-corrected chi connectivity index (χ4v) is 3.74. The molecule has 2 aromatic rings. The van der Waals surface area contributed by atoms with Gasteiger partial charge in [-0.25, -0.2) is 14.8 Å². The summed E-state index contributed by atoms with van der Waals surface area (Å²) >= 11 is 0. The number of nitrogens with zero attached hydrogens (tertiary/aromatic N) is 4. The highest BCUT2D eigenvalue weighted by atomic mass is 16.6. The number of rotatable bonds is 5. The number of aromatic nitrogens is 2. The van der Waals surface area contributed by atoms with Gasteiger partial charge in [0.25, 0.3) is 5.91 Å². The minimum Gasteiger partial charge on any atom is -0.447 e. The highest BCUT2D eigenvalue weighted by molar-refractivity contribution is 5.97. The fourth-order valence-electron chi connectivity index (χ4n) is 3.74. The second-order valence-corrected chi connectivity index (χ2v) is 7.45. The number of hydrogen-bond donors (Lipinski definition) is 2. The maximum absolute atomic E-state index is 12.9. The molecule has 1 unspecified atom stereocenters. The highest BCUT2D eigenvalue weighted by Gasteiger charge is 2.26. The van der Waals surface area contributed by atoms with Crippen molar-refractivity contribution in [3.05, 3.63) is 41.7 Å². The van der Waals surface area contributed by atoms with Crippen molar-refractivity contribution in [1.29, 1.82) is 5.41 Å². The van der Waals surface area contributed by atoms with Crippen molar-refractivity contribution in [3.8, 4) is 0 Å². The molecule has 9 heteroatoms. The summed E-state index contributed by atoms with van der Waals surface area (Å²) in [7, 11) is 0. The zero-order valence-corrected chi connectivity index (χ0v) is 16.8. The highest BCUT2D eigenvalue weighted by Crippen LogP contribution is 2.23. The number of amides is 2. The topological polar surface area (TPSA) is 112 Å². The van der Waals surface area contributed by atoms with E-state index in [2.05, 4.69) is 22.2 Å². The molecule has 30 heavy (non-hydrogen) atoms. The van der Waals surface area contributed by atoms with Gasteiger partial charge in [-0.05, 0) is 44.4 Å². The van der Waals surface area contributed by atoms with Crippen molar-refractivity contribution in [1.82, 2.24) is 14.9 Å². The van der Waals surface area contributed by atoms with Gasteiger partial charge in [-0.15, -0.1) is 0 Å². The molecule has 156 valence electrons. The zero-order valence-electron chi connectivity index (χ0n) is 16.8. The van der Waals surface area contributed by atoms with Crippen molar-refractivity contribution in [2.75, 3.05) is 29.9 Å². The molecule has 2 saturated heterocycles. The monoisotopic (exact) mass is 408 g/mol. The standard InChI is InChI=1S/C21H24N6O3/c1-14-4-2-3-7-26(14)20(28)16-10-15(11-22)19(24-12-16)25-17-5-6-18(23-13-17)27-8-9-30-21(27)29/h5-6,10-14,22H,2-4,7-9H2,1H3,(H,24,25). The lowest BCUT2D eigenvalue weighted by Gasteiger charge is -2.33. The Bertz CT molecular complexity index is 962. The van der Waals surface area contributed by atoms with E-state index >= 15 is 0 Å². The first kappa shape index (κ1) is 19.8. The van der Waals surface area contributed by atoms with Crippen LogP contribution in [0.3, 0.4) is 0 Å². The number of cyclic esters (lactones) is 1. The molecule has 2 aromatic heterocycles. The fraction of sp³-hybridized carbons (Fsp3) is 0.381. The van der Waals surface area contributed by atoms with Crippen molar-refractivity contribution < 1.29 is 14.3 Å². The van der Waals surface area contributed by atoms with E-state index in [1.165, 1.54) is 11.1 Å². The van der Waals surface area contributed by atoms with Gasteiger partial charge in [0.2, 0.25) is 0 Å². The molecule has 2 aliphatic rings. The molecule has 4 heterocycles. The lowest BCUT2D eigenvalue weighted by atomic mass is 10.0. The molecule has 0 radical (unpaired) electrons. The van der Waals surface area contributed by atoms with Crippen LogP contribution in [0, 0.1) is 5.41 Å². The summed E-state index contributed by atoms with van der Waals surface area (Å²) < 4.78 is 4.92. The summed E-state index contributed by atoms with van der Waals surface area (Å²) in [5.41, 5.74) is 1.65. The molecular formula is C21H24N6O3. The molecule has 2 fully saturated rings. The number of pyridine rings is 2. The zero-order chi connectivity index (χ0) is 21.1. The van der Waals surface area contributed by atoms with Crippen LogP contribution in [0.1, 0.15) is 42.1 Å². The van der Waals surface area contributed by atoms with E-state index in [0.717, 1.165) is 25.8 Å². The Hall–Kier alpha value is -3.49. The van der Waals surface area contributed by atoms with Gasteiger partial charge >= 0.3 is 6.09 Å². The van der Waals surface area contributed by atoms with Crippen LogP contribution in [0.5, 0.6) is 0 Å². The van der Waals surface area contributed by atoms with E-state index in [1.54, 1.807) is 30.6 Å². The summed E-state index contributed by atoms with van der Waals surface area (Å²) in [6.07, 6.45) is 7.07. The van der Waals surface area contributed by atoms with Gasteiger partial charge in [0.15, 0.2) is 0 Å².